The van der Waals surface area contributed by atoms with Gasteiger partial charge in [-0.1, -0.05) is 24.2 Å². The second-order valence-electron chi connectivity index (χ2n) is 6.54. The van der Waals surface area contributed by atoms with Crippen molar-refractivity contribution in [1.82, 2.24) is 15.5 Å². The lowest BCUT2D eigenvalue weighted by Crippen LogP contribution is -2.28. The number of aryl methyl sites for hydroxylation is 2. The fourth-order valence-electron chi connectivity index (χ4n) is 3.30. The van der Waals surface area contributed by atoms with Gasteiger partial charge in [0, 0.05) is 18.4 Å². The van der Waals surface area contributed by atoms with E-state index < -0.39 is 0 Å². The molecule has 0 spiro atoms. The van der Waals surface area contributed by atoms with Crippen LogP contribution < -0.4 is 10.6 Å². The van der Waals surface area contributed by atoms with Crippen LogP contribution in [-0.4, -0.2) is 22.8 Å². The summed E-state index contributed by atoms with van der Waals surface area (Å²) >= 11 is 0. The first-order chi connectivity index (χ1) is 13.2. The lowest BCUT2D eigenvalue weighted by atomic mass is 10.1. The number of carbonyl (C=O) groups is 1. The predicted molar refractivity (Wildman–Crippen MR) is 98.4 cm³/mol. The quantitative estimate of drug-likeness (QED) is 0.707. The van der Waals surface area contributed by atoms with Gasteiger partial charge in [0.1, 0.15) is 11.9 Å². The standard InChI is InChI=1S/C19H22N4O4/c1-3-14-11(2)12-6-4-7-13(17(12)26-14)21-19(24)20-10-16-22-18(27-23-16)15-8-5-9-25-15/h4,6-7,15H,3,5,8-10H2,1-2H3,(H2,20,21,24). The maximum absolute atomic E-state index is 12.3. The number of nitrogens with zero attached hydrogens (tertiary/aromatic N) is 2. The average Bonchev–Trinajstić information content (AvgIpc) is 3.41. The van der Waals surface area contributed by atoms with Crippen LogP contribution in [0.4, 0.5) is 10.5 Å². The highest BCUT2D eigenvalue weighted by atomic mass is 16.5. The number of para-hydroxylation sites is 1. The summed E-state index contributed by atoms with van der Waals surface area (Å²) < 4.78 is 16.6. The van der Waals surface area contributed by atoms with Crippen molar-refractivity contribution in [2.45, 2.75) is 45.8 Å². The average molecular weight is 370 g/mol. The fourth-order valence-corrected chi connectivity index (χ4v) is 3.30. The molecule has 1 aromatic carbocycles. The molecule has 1 fully saturated rings. The Morgan fingerprint density at radius 3 is 3.04 bits per heavy atom. The molecule has 3 aromatic rings. The molecule has 0 aliphatic carbocycles. The molecule has 0 saturated carbocycles. The summed E-state index contributed by atoms with van der Waals surface area (Å²) in [5, 5.41) is 10.5. The van der Waals surface area contributed by atoms with E-state index >= 15 is 0 Å². The molecule has 0 bridgehead atoms. The topological polar surface area (TPSA) is 102 Å². The van der Waals surface area contributed by atoms with Crippen molar-refractivity contribution in [3.05, 3.63) is 41.2 Å². The van der Waals surface area contributed by atoms with Crippen LogP contribution in [0.25, 0.3) is 11.0 Å². The SMILES string of the molecule is CCc1oc2c(NC(=O)NCc3noc(C4CCCO4)n3)cccc2c1C. The van der Waals surface area contributed by atoms with Crippen LogP contribution in [-0.2, 0) is 17.7 Å². The molecule has 8 nitrogen and oxygen atoms in total. The van der Waals surface area contributed by atoms with Gasteiger partial charge in [0.25, 0.3) is 5.89 Å². The van der Waals surface area contributed by atoms with Crippen LogP contribution in [0.5, 0.6) is 0 Å². The van der Waals surface area contributed by atoms with Gasteiger partial charge < -0.3 is 24.3 Å². The van der Waals surface area contributed by atoms with E-state index in [1.54, 1.807) is 0 Å². The smallest absolute Gasteiger partial charge is 0.319 e. The second kappa shape index (κ2) is 7.40. The van der Waals surface area contributed by atoms with E-state index in [-0.39, 0.29) is 18.7 Å². The number of ether oxygens (including phenoxy) is 1. The van der Waals surface area contributed by atoms with Crippen molar-refractivity contribution in [1.29, 1.82) is 0 Å². The first-order valence-electron chi connectivity index (χ1n) is 9.15. The second-order valence-corrected chi connectivity index (χ2v) is 6.54. The highest BCUT2D eigenvalue weighted by molar-refractivity contribution is 6.00. The Labute approximate surface area is 156 Å². The first-order valence-corrected chi connectivity index (χ1v) is 9.15. The van der Waals surface area contributed by atoms with Crippen LogP contribution in [0.1, 0.15) is 48.9 Å². The van der Waals surface area contributed by atoms with Crippen LogP contribution in [0.2, 0.25) is 0 Å². The maximum Gasteiger partial charge on any atom is 0.319 e. The van der Waals surface area contributed by atoms with E-state index in [1.165, 1.54) is 0 Å². The molecule has 2 N–H and O–H groups in total. The van der Waals surface area contributed by atoms with Crippen LogP contribution in [0.3, 0.4) is 0 Å². The number of hydrogen-bond donors (Lipinski definition) is 2. The molecule has 1 unspecified atom stereocenters. The molecule has 0 radical (unpaired) electrons. The van der Waals surface area contributed by atoms with E-state index in [4.69, 9.17) is 13.7 Å². The summed E-state index contributed by atoms with van der Waals surface area (Å²) in [5.74, 6) is 1.80. The zero-order chi connectivity index (χ0) is 18.8. The molecule has 142 valence electrons. The minimum absolute atomic E-state index is 0.132. The summed E-state index contributed by atoms with van der Waals surface area (Å²) in [7, 11) is 0. The molecule has 3 heterocycles. The van der Waals surface area contributed by atoms with Gasteiger partial charge in [0.15, 0.2) is 11.4 Å². The Morgan fingerprint density at radius 1 is 1.37 bits per heavy atom. The largest absolute Gasteiger partial charge is 0.459 e. The molecule has 1 aliphatic rings. The lowest BCUT2D eigenvalue weighted by Gasteiger charge is -2.06. The van der Waals surface area contributed by atoms with Gasteiger partial charge in [0.2, 0.25) is 0 Å². The number of amides is 2. The number of aromatic nitrogens is 2. The Morgan fingerprint density at radius 2 is 2.26 bits per heavy atom. The number of urea groups is 1. The van der Waals surface area contributed by atoms with Crippen LogP contribution in [0.15, 0.2) is 27.1 Å². The van der Waals surface area contributed by atoms with Crippen LogP contribution in [0, 0.1) is 6.92 Å². The van der Waals surface area contributed by atoms with Gasteiger partial charge in [0.05, 0.1) is 12.2 Å². The number of furan rings is 1. The van der Waals surface area contributed by atoms with Crippen LogP contribution >= 0.6 is 0 Å². The predicted octanol–water partition coefficient (Wildman–Crippen LogP) is 3.86. The van der Waals surface area contributed by atoms with Gasteiger partial charge in [-0.05, 0) is 31.4 Å². The van der Waals surface area contributed by atoms with Crippen molar-refractivity contribution >= 4 is 22.7 Å². The highest BCUT2D eigenvalue weighted by Crippen LogP contribution is 2.31. The Bertz CT molecular complexity index is 956. The summed E-state index contributed by atoms with van der Waals surface area (Å²) in [6.07, 6.45) is 2.53. The molecule has 1 aliphatic heterocycles. The maximum atomic E-state index is 12.3. The Balaban J connectivity index is 1.40. The third-order valence-corrected chi connectivity index (χ3v) is 4.73. The minimum atomic E-state index is -0.363. The van der Waals surface area contributed by atoms with Gasteiger partial charge in [-0.2, -0.15) is 4.98 Å². The number of hydrogen-bond acceptors (Lipinski definition) is 6. The number of rotatable bonds is 5. The number of nitrogens with one attached hydrogen (secondary N) is 2. The summed E-state index contributed by atoms with van der Waals surface area (Å²) in [6, 6.07) is 5.34. The first kappa shape index (κ1) is 17.5. The summed E-state index contributed by atoms with van der Waals surface area (Å²) in [6.45, 7) is 4.94. The lowest BCUT2D eigenvalue weighted by molar-refractivity contribution is 0.0835. The molecule has 27 heavy (non-hydrogen) atoms. The van der Waals surface area contributed by atoms with E-state index in [0.717, 1.165) is 36.0 Å². The van der Waals surface area contributed by atoms with Crippen molar-refractivity contribution in [3.8, 4) is 0 Å². The molecule has 1 saturated heterocycles. The molecule has 1 atom stereocenters. The normalized spacial score (nSPS) is 16.7. The monoisotopic (exact) mass is 370 g/mol. The van der Waals surface area contributed by atoms with Crippen molar-refractivity contribution < 1.29 is 18.5 Å². The van der Waals surface area contributed by atoms with E-state index in [0.29, 0.717) is 29.6 Å². The zero-order valence-electron chi connectivity index (χ0n) is 15.4. The van der Waals surface area contributed by atoms with Crippen molar-refractivity contribution in [3.63, 3.8) is 0 Å². The van der Waals surface area contributed by atoms with E-state index in [1.807, 2.05) is 32.0 Å². The summed E-state index contributed by atoms with van der Waals surface area (Å²) in [4.78, 5) is 16.6. The molecule has 4 rings (SSSR count). The van der Waals surface area contributed by atoms with Gasteiger partial charge >= 0.3 is 6.03 Å². The summed E-state index contributed by atoms with van der Waals surface area (Å²) in [5.41, 5.74) is 2.41. The van der Waals surface area contributed by atoms with E-state index in [2.05, 4.69) is 20.8 Å². The molecular weight excluding hydrogens is 348 g/mol. The molecule has 8 heteroatoms. The fraction of sp³-hybridized carbons (Fsp3) is 0.421. The molecular formula is C19H22N4O4. The van der Waals surface area contributed by atoms with Gasteiger partial charge in [-0.3, -0.25) is 0 Å². The third-order valence-electron chi connectivity index (χ3n) is 4.73. The number of anilines is 1. The highest BCUT2D eigenvalue weighted by Gasteiger charge is 2.24. The Kier molecular flexibility index (Phi) is 4.81. The van der Waals surface area contributed by atoms with Gasteiger partial charge in [-0.25, -0.2) is 4.79 Å². The number of carbonyl (C=O) groups excluding carboxylic acids is 1. The number of fused-ring (bicyclic) bond motifs is 1. The third kappa shape index (κ3) is 3.52. The zero-order valence-corrected chi connectivity index (χ0v) is 15.4. The molecule has 2 aromatic heterocycles. The van der Waals surface area contributed by atoms with E-state index in [9.17, 15) is 4.79 Å². The van der Waals surface area contributed by atoms with Gasteiger partial charge in [-0.15, -0.1) is 0 Å². The minimum Gasteiger partial charge on any atom is -0.459 e. The van der Waals surface area contributed by atoms with Crippen molar-refractivity contribution in [2.24, 2.45) is 0 Å². The number of benzene rings is 1. The van der Waals surface area contributed by atoms with Crippen molar-refractivity contribution in [2.75, 3.05) is 11.9 Å². The Hall–Kier alpha value is -2.87. The molecule has 2 amide bonds.